The molecule has 4 heteroatoms. The van der Waals surface area contributed by atoms with Gasteiger partial charge in [-0.2, -0.15) is 0 Å². The summed E-state index contributed by atoms with van der Waals surface area (Å²) >= 11 is 5.86. The van der Waals surface area contributed by atoms with Crippen LogP contribution in [0.3, 0.4) is 0 Å². The van der Waals surface area contributed by atoms with Gasteiger partial charge in [-0.05, 0) is 17.7 Å². The van der Waals surface area contributed by atoms with E-state index in [2.05, 4.69) is 4.98 Å². The normalized spacial score (nSPS) is 10.2. The van der Waals surface area contributed by atoms with Crippen LogP contribution >= 0.6 is 11.6 Å². The average molecular weight is 221 g/mol. The predicted molar refractivity (Wildman–Crippen MR) is 58.2 cm³/mol. The minimum atomic E-state index is 0.426. The Balaban J connectivity index is 2.25. The quantitative estimate of drug-likeness (QED) is 0.745. The number of nitrogens with zero attached hydrogens (tertiary/aromatic N) is 2. The minimum absolute atomic E-state index is 0.426. The van der Waals surface area contributed by atoms with Gasteiger partial charge >= 0.3 is 0 Å². The molecule has 0 spiro atoms. The van der Waals surface area contributed by atoms with Crippen molar-refractivity contribution in [3.05, 3.63) is 53.1 Å². The molecule has 0 N–H and O–H groups in total. The van der Waals surface area contributed by atoms with Gasteiger partial charge in [0.25, 0.3) is 0 Å². The third-order valence-corrected chi connectivity index (χ3v) is 2.33. The molecule has 0 unspecified atom stereocenters. The van der Waals surface area contributed by atoms with Gasteiger partial charge in [0.15, 0.2) is 12.1 Å². The van der Waals surface area contributed by atoms with Crippen molar-refractivity contribution >= 4 is 17.9 Å². The first-order valence-electron chi connectivity index (χ1n) is 4.50. The van der Waals surface area contributed by atoms with Crippen LogP contribution in [-0.2, 0) is 6.54 Å². The number of hydrogen-bond acceptors (Lipinski definition) is 2. The van der Waals surface area contributed by atoms with Crippen LogP contribution in [0.2, 0.25) is 5.02 Å². The van der Waals surface area contributed by atoms with E-state index in [1.807, 2.05) is 24.3 Å². The molecular weight excluding hydrogens is 212 g/mol. The Kier molecular flexibility index (Phi) is 2.83. The van der Waals surface area contributed by atoms with Crippen LogP contribution in [0, 0.1) is 0 Å². The molecule has 0 aliphatic rings. The summed E-state index contributed by atoms with van der Waals surface area (Å²) < 4.78 is 1.78. The number of hydrogen-bond donors (Lipinski definition) is 0. The molecule has 2 rings (SSSR count). The Morgan fingerprint density at radius 3 is 3.07 bits per heavy atom. The van der Waals surface area contributed by atoms with E-state index in [9.17, 15) is 4.79 Å². The molecule has 0 radical (unpaired) electrons. The van der Waals surface area contributed by atoms with Gasteiger partial charge in [0.1, 0.15) is 0 Å². The molecule has 1 aromatic heterocycles. The van der Waals surface area contributed by atoms with Crippen LogP contribution < -0.4 is 0 Å². The second kappa shape index (κ2) is 4.28. The fraction of sp³-hybridized carbons (Fsp3) is 0.0909. The maximum Gasteiger partial charge on any atom is 0.185 e. The lowest BCUT2D eigenvalue weighted by molar-refractivity contribution is 0.111. The highest BCUT2D eigenvalue weighted by Crippen LogP contribution is 2.12. The summed E-state index contributed by atoms with van der Waals surface area (Å²) in [5.74, 6) is 0.426. The highest BCUT2D eigenvalue weighted by Gasteiger charge is 2.01. The first-order chi connectivity index (χ1) is 7.29. The monoisotopic (exact) mass is 220 g/mol. The molecule has 0 atom stereocenters. The third kappa shape index (κ3) is 2.25. The molecule has 0 bridgehead atoms. The molecule has 15 heavy (non-hydrogen) atoms. The predicted octanol–water partition coefficient (Wildman–Crippen LogP) is 2.40. The average Bonchev–Trinajstić information content (AvgIpc) is 2.65. The zero-order chi connectivity index (χ0) is 10.7. The number of halogens is 1. The smallest absolute Gasteiger partial charge is 0.185 e. The van der Waals surface area contributed by atoms with E-state index in [1.54, 1.807) is 17.0 Å². The largest absolute Gasteiger partial charge is 0.324 e. The van der Waals surface area contributed by atoms with Crippen molar-refractivity contribution < 1.29 is 4.79 Å². The van der Waals surface area contributed by atoms with Crippen LogP contribution in [0.15, 0.2) is 36.7 Å². The van der Waals surface area contributed by atoms with Crippen LogP contribution in [0.25, 0.3) is 0 Å². The number of aldehydes is 1. The van der Waals surface area contributed by atoms with Gasteiger partial charge in [-0.15, -0.1) is 0 Å². The van der Waals surface area contributed by atoms with E-state index in [0.29, 0.717) is 17.4 Å². The highest BCUT2D eigenvalue weighted by atomic mass is 35.5. The molecule has 76 valence electrons. The maximum atomic E-state index is 10.6. The molecular formula is C11H9ClN2O. The molecule has 1 aromatic carbocycles. The van der Waals surface area contributed by atoms with E-state index in [-0.39, 0.29) is 0 Å². The second-order valence-corrected chi connectivity index (χ2v) is 3.60. The van der Waals surface area contributed by atoms with Crippen LogP contribution in [0.1, 0.15) is 16.2 Å². The summed E-state index contributed by atoms with van der Waals surface area (Å²) in [7, 11) is 0. The Morgan fingerprint density at radius 2 is 2.33 bits per heavy atom. The zero-order valence-electron chi connectivity index (χ0n) is 7.93. The number of carbonyl (C=O) groups excluding carboxylic acids is 1. The van der Waals surface area contributed by atoms with Gasteiger partial charge in [0, 0.05) is 24.0 Å². The van der Waals surface area contributed by atoms with Gasteiger partial charge in [-0.1, -0.05) is 23.7 Å². The van der Waals surface area contributed by atoms with Crippen LogP contribution in [0.4, 0.5) is 0 Å². The summed E-state index contributed by atoms with van der Waals surface area (Å²) in [4.78, 5) is 14.6. The van der Waals surface area contributed by atoms with E-state index in [1.165, 1.54) is 0 Å². The highest BCUT2D eigenvalue weighted by molar-refractivity contribution is 6.30. The van der Waals surface area contributed by atoms with Gasteiger partial charge in [-0.25, -0.2) is 4.98 Å². The SMILES string of the molecule is O=Cc1nccn1Cc1cccc(Cl)c1. The summed E-state index contributed by atoms with van der Waals surface area (Å²) in [6.07, 6.45) is 4.11. The number of imidazole rings is 1. The lowest BCUT2D eigenvalue weighted by Crippen LogP contribution is -2.03. The van der Waals surface area contributed by atoms with Crippen molar-refractivity contribution in [1.29, 1.82) is 0 Å². The van der Waals surface area contributed by atoms with Crippen molar-refractivity contribution in [3.8, 4) is 0 Å². The fourth-order valence-electron chi connectivity index (χ4n) is 1.40. The molecule has 0 fully saturated rings. The fourth-order valence-corrected chi connectivity index (χ4v) is 1.62. The first kappa shape index (κ1) is 9.93. The lowest BCUT2D eigenvalue weighted by Gasteiger charge is -2.04. The summed E-state index contributed by atoms with van der Waals surface area (Å²) in [5.41, 5.74) is 1.05. The van der Waals surface area contributed by atoms with Gasteiger partial charge < -0.3 is 4.57 Å². The molecule has 2 aromatic rings. The van der Waals surface area contributed by atoms with Crippen LogP contribution in [-0.4, -0.2) is 15.8 Å². The van der Waals surface area contributed by atoms with Crippen molar-refractivity contribution in [2.75, 3.05) is 0 Å². The van der Waals surface area contributed by atoms with E-state index >= 15 is 0 Å². The standard InChI is InChI=1S/C11H9ClN2O/c12-10-3-1-2-9(6-10)7-14-5-4-13-11(14)8-15/h1-6,8H,7H2. The van der Waals surface area contributed by atoms with E-state index < -0.39 is 0 Å². The van der Waals surface area contributed by atoms with E-state index in [0.717, 1.165) is 11.8 Å². The summed E-state index contributed by atoms with van der Waals surface area (Å²) in [6.45, 7) is 0.606. The zero-order valence-corrected chi connectivity index (χ0v) is 8.69. The number of rotatable bonds is 3. The Labute approximate surface area is 92.3 Å². The van der Waals surface area contributed by atoms with Crippen molar-refractivity contribution in [2.45, 2.75) is 6.54 Å². The molecule has 0 saturated heterocycles. The number of aromatic nitrogens is 2. The molecule has 0 aliphatic carbocycles. The van der Waals surface area contributed by atoms with Crippen LogP contribution in [0.5, 0.6) is 0 Å². The Bertz CT molecular complexity index is 479. The summed E-state index contributed by atoms with van der Waals surface area (Å²) in [5, 5.41) is 0.695. The molecule has 0 amide bonds. The molecule has 1 heterocycles. The second-order valence-electron chi connectivity index (χ2n) is 3.16. The third-order valence-electron chi connectivity index (χ3n) is 2.10. The number of benzene rings is 1. The van der Waals surface area contributed by atoms with Gasteiger partial charge in [0.05, 0.1) is 0 Å². The van der Waals surface area contributed by atoms with E-state index in [4.69, 9.17) is 11.6 Å². The maximum absolute atomic E-state index is 10.6. The van der Waals surface area contributed by atoms with Crippen molar-refractivity contribution in [2.24, 2.45) is 0 Å². The molecule has 0 aliphatic heterocycles. The van der Waals surface area contributed by atoms with Crippen molar-refractivity contribution in [1.82, 2.24) is 9.55 Å². The topological polar surface area (TPSA) is 34.9 Å². The summed E-state index contributed by atoms with van der Waals surface area (Å²) in [6, 6.07) is 7.53. The number of carbonyl (C=O) groups is 1. The lowest BCUT2D eigenvalue weighted by atomic mass is 10.2. The Hall–Kier alpha value is -1.61. The molecule has 0 saturated carbocycles. The van der Waals surface area contributed by atoms with Crippen molar-refractivity contribution in [3.63, 3.8) is 0 Å². The van der Waals surface area contributed by atoms with Gasteiger partial charge in [0.2, 0.25) is 0 Å². The minimum Gasteiger partial charge on any atom is -0.324 e. The Morgan fingerprint density at radius 1 is 1.47 bits per heavy atom. The van der Waals surface area contributed by atoms with Gasteiger partial charge in [-0.3, -0.25) is 4.79 Å². The molecule has 3 nitrogen and oxygen atoms in total. The first-order valence-corrected chi connectivity index (χ1v) is 4.88.